The molecule has 3 rings (SSSR count). The average molecular weight is 346 g/mol. The van der Waals surface area contributed by atoms with E-state index in [0.717, 1.165) is 11.4 Å². The highest BCUT2D eigenvalue weighted by Gasteiger charge is 2.13. The number of oxime groups is 1. The number of benzene rings is 3. The topological polar surface area (TPSA) is 99.7 Å². The Labute approximate surface area is 151 Å². The van der Waals surface area contributed by atoms with Crippen molar-refractivity contribution in [1.29, 1.82) is 0 Å². The van der Waals surface area contributed by atoms with Gasteiger partial charge in [0.2, 0.25) is 5.91 Å². The van der Waals surface area contributed by atoms with E-state index in [2.05, 4.69) is 15.8 Å². The summed E-state index contributed by atoms with van der Waals surface area (Å²) in [5.41, 5.74) is 9.26. The number of para-hydroxylation sites is 2. The van der Waals surface area contributed by atoms with E-state index in [4.69, 9.17) is 10.9 Å². The van der Waals surface area contributed by atoms with E-state index in [1.165, 1.54) is 6.21 Å². The van der Waals surface area contributed by atoms with Crippen LogP contribution in [0.5, 0.6) is 0 Å². The minimum Gasteiger partial charge on any atom is -0.411 e. The Kier molecular flexibility index (Phi) is 5.14. The maximum absolute atomic E-state index is 11.8. The monoisotopic (exact) mass is 346 g/mol. The molecule has 1 amide bonds. The SMILES string of the molecule is NC(=O)c1cc(Nc2ccccc2)c(Nc2ccccc2)cc1C=NO. The Morgan fingerprint density at radius 1 is 0.885 bits per heavy atom. The molecule has 0 fully saturated rings. The quantitative estimate of drug-likeness (QED) is 0.307. The summed E-state index contributed by atoms with van der Waals surface area (Å²) in [5, 5.41) is 18.5. The van der Waals surface area contributed by atoms with Crippen LogP contribution in [0.1, 0.15) is 15.9 Å². The normalized spacial score (nSPS) is 10.6. The lowest BCUT2D eigenvalue weighted by Gasteiger charge is -2.17. The Morgan fingerprint density at radius 2 is 1.38 bits per heavy atom. The predicted octanol–water partition coefficient (Wildman–Crippen LogP) is 4.08. The third-order valence-electron chi connectivity index (χ3n) is 3.76. The van der Waals surface area contributed by atoms with E-state index in [9.17, 15) is 4.79 Å². The number of hydrogen-bond acceptors (Lipinski definition) is 5. The Hall–Kier alpha value is -3.80. The molecule has 5 N–H and O–H groups in total. The van der Waals surface area contributed by atoms with Crippen LogP contribution in [0.15, 0.2) is 78.0 Å². The number of anilines is 4. The summed E-state index contributed by atoms with van der Waals surface area (Å²) in [4.78, 5) is 11.8. The molecule has 0 saturated carbocycles. The van der Waals surface area contributed by atoms with Crippen molar-refractivity contribution in [2.75, 3.05) is 10.6 Å². The van der Waals surface area contributed by atoms with Crippen molar-refractivity contribution in [3.63, 3.8) is 0 Å². The molecule has 0 aliphatic carbocycles. The lowest BCUT2D eigenvalue weighted by molar-refractivity contribution is 0.100. The summed E-state index contributed by atoms with van der Waals surface area (Å²) in [7, 11) is 0. The lowest BCUT2D eigenvalue weighted by atomic mass is 10.0. The number of carbonyl (C=O) groups excluding carboxylic acids is 1. The van der Waals surface area contributed by atoms with Gasteiger partial charge in [-0.05, 0) is 36.4 Å². The van der Waals surface area contributed by atoms with Crippen molar-refractivity contribution in [3.8, 4) is 0 Å². The summed E-state index contributed by atoms with van der Waals surface area (Å²) in [6, 6.07) is 22.5. The maximum atomic E-state index is 11.8. The van der Waals surface area contributed by atoms with Gasteiger partial charge in [-0.2, -0.15) is 0 Å². The van der Waals surface area contributed by atoms with Crippen molar-refractivity contribution < 1.29 is 10.0 Å². The van der Waals surface area contributed by atoms with Gasteiger partial charge in [-0.15, -0.1) is 0 Å². The average Bonchev–Trinajstić information content (AvgIpc) is 2.65. The molecule has 6 heteroatoms. The Bertz CT molecular complexity index is 925. The summed E-state index contributed by atoms with van der Waals surface area (Å²) >= 11 is 0. The van der Waals surface area contributed by atoms with Crippen LogP contribution in [0.2, 0.25) is 0 Å². The van der Waals surface area contributed by atoms with Crippen molar-refractivity contribution in [1.82, 2.24) is 0 Å². The summed E-state index contributed by atoms with van der Waals surface area (Å²) < 4.78 is 0. The molecule has 0 radical (unpaired) electrons. The van der Waals surface area contributed by atoms with E-state index in [1.807, 2.05) is 60.7 Å². The maximum Gasteiger partial charge on any atom is 0.249 e. The zero-order chi connectivity index (χ0) is 18.4. The van der Waals surface area contributed by atoms with Gasteiger partial charge < -0.3 is 21.6 Å². The van der Waals surface area contributed by atoms with Gasteiger partial charge >= 0.3 is 0 Å². The number of amides is 1. The van der Waals surface area contributed by atoms with Gasteiger partial charge in [-0.25, -0.2) is 0 Å². The van der Waals surface area contributed by atoms with E-state index in [-0.39, 0.29) is 5.56 Å². The largest absolute Gasteiger partial charge is 0.411 e. The molecule has 0 bridgehead atoms. The zero-order valence-corrected chi connectivity index (χ0v) is 13.9. The molecule has 0 heterocycles. The molecule has 3 aromatic rings. The van der Waals surface area contributed by atoms with Crippen LogP contribution in [-0.4, -0.2) is 17.3 Å². The second-order valence-electron chi connectivity index (χ2n) is 5.58. The number of primary amides is 1. The van der Waals surface area contributed by atoms with Crippen LogP contribution in [-0.2, 0) is 0 Å². The van der Waals surface area contributed by atoms with Crippen LogP contribution in [0.3, 0.4) is 0 Å². The first-order valence-electron chi connectivity index (χ1n) is 7.97. The molecular weight excluding hydrogens is 328 g/mol. The number of carbonyl (C=O) groups is 1. The van der Waals surface area contributed by atoms with Gasteiger partial charge in [0.25, 0.3) is 0 Å². The third kappa shape index (κ3) is 3.99. The number of nitrogens with two attached hydrogens (primary N) is 1. The summed E-state index contributed by atoms with van der Waals surface area (Å²) in [6.07, 6.45) is 1.18. The van der Waals surface area contributed by atoms with Crippen molar-refractivity contribution >= 4 is 34.9 Å². The van der Waals surface area contributed by atoms with Crippen LogP contribution in [0.4, 0.5) is 22.7 Å². The van der Waals surface area contributed by atoms with Gasteiger partial charge in [0, 0.05) is 16.9 Å². The molecule has 6 nitrogen and oxygen atoms in total. The van der Waals surface area contributed by atoms with E-state index >= 15 is 0 Å². The molecule has 0 aromatic heterocycles. The first-order valence-corrected chi connectivity index (χ1v) is 7.97. The third-order valence-corrected chi connectivity index (χ3v) is 3.76. The fourth-order valence-corrected chi connectivity index (χ4v) is 2.56. The van der Waals surface area contributed by atoms with Crippen molar-refractivity contribution in [2.45, 2.75) is 0 Å². The van der Waals surface area contributed by atoms with E-state index in [1.54, 1.807) is 12.1 Å². The molecular formula is C20H18N4O2. The van der Waals surface area contributed by atoms with Crippen LogP contribution in [0.25, 0.3) is 0 Å². The molecule has 130 valence electrons. The first kappa shape index (κ1) is 17.0. The molecule has 0 saturated heterocycles. The minimum atomic E-state index is -0.609. The smallest absolute Gasteiger partial charge is 0.249 e. The fraction of sp³-hybridized carbons (Fsp3) is 0. The Balaban J connectivity index is 2.08. The number of nitrogens with zero attached hydrogens (tertiary/aromatic N) is 1. The van der Waals surface area contributed by atoms with Gasteiger partial charge in [0.1, 0.15) is 0 Å². The predicted molar refractivity (Wildman–Crippen MR) is 104 cm³/mol. The molecule has 26 heavy (non-hydrogen) atoms. The highest BCUT2D eigenvalue weighted by molar-refractivity contribution is 6.04. The fourth-order valence-electron chi connectivity index (χ4n) is 2.56. The molecule has 0 atom stereocenters. The van der Waals surface area contributed by atoms with Gasteiger partial charge in [0.15, 0.2) is 0 Å². The van der Waals surface area contributed by atoms with E-state index < -0.39 is 5.91 Å². The lowest BCUT2D eigenvalue weighted by Crippen LogP contribution is -2.15. The van der Waals surface area contributed by atoms with E-state index in [0.29, 0.717) is 16.9 Å². The van der Waals surface area contributed by atoms with Gasteiger partial charge in [0.05, 0.1) is 23.2 Å². The molecule has 0 spiro atoms. The van der Waals surface area contributed by atoms with Crippen LogP contribution in [0, 0.1) is 0 Å². The number of hydrogen-bond donors (Lipinski definition) is 4. The van der Waals surface area contributed by atoms with Crippen molar-refractivity contribution in [3.05, 3.63) is 83.9 Å². The van der Waals surface area contributed by atoms with Crippen molar-refractivity contribution in [2.24, 2.45) is 10.9 Å². The summed E-state index contributed by atoms with van der Waals surface area (Å²) in [6.45, 7) is 0. The highest BCUT2D eigenvalue weighted by atomic mass is 16.4. The molecule has 3 aromatic carbocycles. The number of nitrogens with one attached hydrogen (secondary N) is 2. The standard InChI is InChI=1S/C20H18N4O2/c21-20(25)17-12-19(24-16-9-5-2-6-10-16)18(11-14(17)13-22-26)23-15-7-3-1-4-8-15/h1-13,23-24,26H,(H2,21,25). The van der Waals surface area contributed by atoms with Gasteiger partial charge in [-0.1, -0.05) is 41.6 Å². The zero-order valence-electron chi connectivity index (χ0n) is 13.9. The van der Waals surface area contributed by atoms with Gasteiger partial charge in [-0.3, -0.25) is 4.79 Å². The molecule has 0 unspecified atom stereocenters. The van der Waals surface area contributed by atoms with Crippen LogP contribution < -0.4 is 16.4 Å². The Morgan fingerprint density at radius 3 is 1.85 bits per heavy atom. The van der Waals surface area contributed by atoms with Crippen LogP contribution >= 0.6 is 0 Å². The summed E-state index contributed by atoms with van der Waals surface area (Å²) in [5.74, 6) is -0.609. The second kappa shape index (κ2) is 7.85. The molecule has 0 aliphatic heterocycles. The first-order chi connectivity index (χ1) is 12.7. The number of rotatable bonds is 6. The minimum absolute atomic E-state index is 0.250. The highest BCUT2D eigenvalue weighted by Crippen LogP contribution is 2.31. The second-order valence-corrected chi connectivity index (χ2v) is 5.58. The molecule has 0 aliphatic rings.